The van der Waals surface area contributed by atoms with Gasteiger partial charge in [-0.3, -0.25) is 9.59 Å². The molecule has 2 unspecified atom stereocenters. The number of amides is 3. The lowest BCUT2D eigenvalue weighted by Crippen LogP contribution is -2.45. The predicted octanol–water partition coefficient (Wildman–Crippen LogP) is 9.05. The van der Waals surface area contributed by atoms with Crippen molar-refractivity contribution in [3.63, 3.8) is 0 Å². The Labute approximate surface area is 362 Å². The van der Waals surface area contributed by atoms with Crippen LogP contribution in [0.3, 0.4) is 0 Å². The van der Waals surface area contributed by atoms with Crippen LogP contribution < -0.4 is 10.8 Å². The van der Waals surface area contributed by atoms with E-state index in [1.807, 2.05) is 18.2 Å². The lowest BCUT2D eigenvalue weighted by Gasteiger charge is -2.31. The van der Waals surface area contributed by atoms with Crippen LogP contribution in [0, 0.1) is 0 Å². The van der Waals surface area contributed by atoms with Gasteiger partial charge in [0.2, 0.25) is 5.91 Å². The van der Waals surface area contributed by atoms with E-state index in [0.717, 1.165) is 54.4 Å². The van der Waals surface area contributed by atoms with Crippen molar-refractivity contribution in [1.29, 1.82) is 0 Å². The SMILES string of the molecule is CN(CC(=O)N(OC1CCCCO1)c1cccc(-c2ccc(C3=Cc4ccc5c(c4CC3)CCc3ccccc3-5)s2)c1)C(=O)OC(C)(C)C.NC(=O)CC1C=CC=CS1(=O)=O. The Balaban J connectivity index is 0.000000404. The number of nitrogens with zero attached hydrogens (tertiary/aromatic N) is 2. The number of sulfone groups is 1. The Bertz CT molecular complexity index is 2490. The monoisotopic (exact) mass is 863 g/mol. The molecule has 1 aromatic heterocycles. The third kappa shape index (κ3) is 10.8. The first-order chi connectivity index (χ1) is 29.1. The predicted molar refractivity (Wildman–Crippen MR) is 241 cm³/mol. The van der Waals surface area contributed by atoms with Gasteiger partial charge in [-0.15, -0.1) is 11.3 Å². The second kappa shape index (κ2) is 18.7. The average Bonchev–Trinajstić information content (AvgIpc) is 3.74. The van der Waals surface area contributed by atoms with Crippen LogP contribution in [0.2, 0.25) is 0 Å². The van der Waals surface area contributed by atoms with Gasteiger partial charge < -0.3 is 20.1 Å². The second-order valence-electron chi connectivity index (χ2n) is 16.6. The molecule has 2 aliphatic carbocycles. The lowest BCUT2D eigenvalue weighted by atomic mass is 9.78. The van der Waals surface area contributed by atoms with Gasteiger partial charge in [0.25, 0.3) is 5.91 Å². The van der Waals surface area contributed by atoms with Gasteiger partial charge >= 0.3 is 6.09 Å². The molecule has 8 rings (SSSR count). The molecule has 2 atom stereocenters. The van der Waals surface area contributed by atoms with Crippen molar-refractivity contribution in [2.24, 2.45) is 5.73 Å². The Morgan fingerprint density at radius 2 is 1.67 bits per heavy atom. The molecule has 11 nitrogen and oxygen atoms in total. The van der Waals surface area contributed by atoms with Crippen LogP contribution in [0.5, 0.6) is 0 Å². The van der Waals surface area contributed by atoms with Gasteiger partial charge in [-0.25, -0.2) is 18.0 Å². The summed E-state index contributed by atoms with van der Waals surface area (Å²) in [7, 11) is -1.73. The quantitative estimate of drug-likeness (QED) is 0.164. The number of allylic oxidation sites excluding steroid dienone is 3. The second-order valence-corrected chi connectivity index (χ2v) is 19.8. The van der Waals surface area contributed by atoms with E-state index in [1.165, 1.54) is 65.9 Å². The van der Waals surface area contributed by atoms with Gasteiger partial charge in [-0.05, 0) is 128 Å². The van der Waals surface area contributed by atoms with E-state index >= 15 is 0 Å². The summed E-state index contributed by atoms with van der Waals surface area (Å²) in [6.07, 6.45) is 12.5. The molecule has 3 amide bonds. The van der Waals surface area contributed by atoms with Crippen molar-refractivity contribution in [1.82, 2.24) is 4.90 Å². The molecule has 0 bridgehead atoms. The van der Waals surface area contributed by atoms with E-state index < -0.39 is 39.0 Å². The van der Waals surface area contributed by atoms with Crippen LogP contribution in [-0.2, 0) is 53.0 Å². The topological polar surface area (TPSA) is 146 Å². The number of aryl methyl sites for hydroxylation is 1. The summed E-state index contributed by atoms with van der Waals surface area (Å²) in [4.78, 5) is 46.6. The average molecular weight is 864 g/mol. The standard InChI is InChI=1S/C41H44N2O5S.C7H9NO3S/c1-41(2,3)47-40(45)42(4)26-38(44)43(48-39-14-7-8-23-46-39)31-12-9-11-29(25-31)36-21-22-37(49-36)30-17-18-33-28(24-30)16-20-34-32-13-6-5-10-27(32)15-19-35(33)34;8-7(9)5-6-3-1-2-4-12(6,10)11/h5-6,9-13,16,20-22,24-25,39H,7-8,14-15,17-19,23,26H2,1-4H3;1-4,6H,5H2,(H2,8,9). The molecule has 4 aliphatic rings. The summed E-state index contributed by atoms with van der Waals surface area (Å²) in [6, 6.07) is 25.6. The minimum absolute atomic E-state index is 0.150. The highest BCUT2D eigenvalue weighted by atomic mass is 32.2. The van der Waals surface area contributed by atoms with E-state index in [1.54, 1.807) is 45.2 Å². The Hall–Kier alpha value is -5.34. The van der Waals surface area contributed by atoms with Gasteiger partial charge in [0.1, 0.15) is 12.1 Å². The molecule has 0 spiro atoms. The lowest BCUT2D eigenvalue weighted by molar-refractivity contribution is -0.177. The zero-order valence-corrected chi connectivity index (χ0v) is 36.7. The Kier molecular flexibility index (Phi) is 13.4. The van der Waals surface area contributed by atoms with Crippen molar-refractivity contribution in [3.05, 3.63) is 124 Å². The third-order valence-electron chi connectivity index (χ3n) is 10.9. The number of thiophene rings is 1. The number of likely N-dealkylation sites (N-methyl/N-ethyl adjacent to an activating group) is 1. The number of carbonyl (C=O) groups excluding carboxylic acids is 3. The van der Waals surface area contributed by atoms with Crippen molar-refractivity contribution in [2.45, 2.75) is 89.3 Å². The number of primary amides is 1. The molecular weight excluding hydrogens is 811 g/mol. The Morgan fingerprint density at radius 3 is 2.43 bits per heavy atom. The molecule has 1 saturated heterocycles. The molecule has 61 heavy (non-hydrogen) atoms. The summed E-state index contributed by atoms with van der Waals surface area (Å²) in [6.45, 7) is 5.77. The summed E-state index contributed by atoms with van der Waals surface area (Å²) in [5, 5.41) is 1.59. The van der Waals surface area contributed by atoms with Crippen molar-refractivity contribution in [2.75, 3.05) is 25.3 Å². The number of hydrogen-bond acceptors (Lipinski definition) is 9. The Morgan fingerprint density at radius 1 is 0.885 bits per heavy atom. The van der Waals surface area contributed by atoms with Crippen LogP contribution in [0.15, 0.2) is 96.4 Å². The number of nitrogens with two attached hydrogens (primary N) is 1. The van der Waals surface area contributed by atoms with Crippen LogP contribution in [-0.4, -0.2) is 68.6 Å². The zero-order valence-electron chi connectivity index (χ0n) is 35.1. The zero-order chi connectivity index (χ0) is 43.3. The first-order valence-electron chi connectivity index (χ1n) is 20.7. The smallest absolute Gasteiger partial charge is 0.410 e. The maximum atomic E-state index is 13.7. The van der Waals surface area contributed by atoms with E-state index in [0.29, 0.717) is 18.7 Å². The minimum Gasteiger partial charge on any atom is -0.444 e. The number of carbonyl (C=O) groups is 3. The van der Waals surface area contributed by atoms with Gasteiger partial charge in [0, 0.05) is 41.7 Å². The van der Waals surface area contributed by atoms with E-state index in [4.69, 9.17) is 20.0 Å². The largest absolute Gasteiger partial charge is 0.444 e. The molecule has 320 valence electrons. The summed E-state index contributed by atoms with van der Waals surface area (Å²) in [5.41, 5.74) is 15.7. The van der Waals surface area contributed by atoms with Crippen LogP contribution in [0.1, 0.15) is 80.0 Å². The van der Waals surface area contributed by atoms with Gasteiger partial charge in [-0.1, -0.05) is 72.8 Å². The van der Waals surface area contributed by atoms with E-state index in [-0.39, 0.29) is 18.9 Å². The summed E-state index contributed by atoms with van der Waals surface area (Å²) >= 11 is 1.76. The molecule has 2 aliphatic heterocycles. The molecule has 1 fully saturated rings. The fourth-order valence-corrected chi connectivity index (χ4v) is 10.2. The molecule has 13 heteroatoms. The number of benzene rings is 3. The number of hydrogen-bond donors (Lipinski definition) is 1. The maximum Gasteiger partial charge on any atom is 0.410 e. The van der Waals surface area contributed by atoms with Gasteiger partial charge in [-0.2, -0.15) is 5.06 Å². The van der Waals surface area contributed by atoms with Crippen LogP contribution >= 0.6 is 11.3 Å². The molecule has 3 heterocycles. The highest BCUT2D eigenvalue weighted by Gasteiger charge is 2.29. The van der Waals surface area contributed by atoms with Gasteiger partial charge in [0.15, 0.2) is 16.1 Å². The number of rotatable bonds is 9. The molecule has 0 saturated carbocycles. The van der Waals surface area contributed by atoms with Crippen molar-refractivity contribution >= 4 is 56.4 Å². The van der Waals surface area contributed by atoms with Gasteiger partial charge in [0.05, 0.1) is 10.9 Å². The highest BCUT2D eigenvalue weighted by Crippen LogP contribution is 2.42. The number of hydroxylamine groups is 1. The number of fused-ring (bicyclic) bond motifs is 5. The fourth-order valence-electron chi connectivity index (χ4n) is 7.89. The van der Waals surface area contributed by atoms with Crippen molar-refractivity contribution < 1.29 is 37.1 Å². The maximum absolute atomic E-state index is 13.7. The van der Waals surface area contributed by atoms with Crippen molar-refractivity contribution in [3.8, 4) is 21.6 Å². The molecule has 0 radical (unpaired) electrons. The fraction of sp³-hybridized carbons (Fsp3) is 0.354. The summed E-state index contributed by atoms with van der Waals surface area (Å²) < 4.78 is 33.6. The molecule has 3 aromatic carbocycles. The first-order valence-corrected chi connectivity index (χ1v) is 23.1. The van der Waals surface area contributed by atoms with Crippen LogP contribution in [0.25, 0.3) is 33.2 Å². The first kappa shape index (κ1) is 43.7. The van der Waals surface area contributed by atoms with E-state index in [9.17, 15) is 22.8 Å². The molecule has 2 N–H and O–H groups in total. The summed E-state index contributed by atoms with van der Waals surface area (Å²) in [5.74, 6) is -0.994. The number of anilines is 1. The highest BCUT2D eigenvalue weighted by molar-refractivity contribution is 7.95. The minimum atomic E-state index is -3.29. The number of ether oxygens (including phenoxy) is 2. The third-order valence-corrected chi connectivity index (χ3v) is 13.8. The molecular formula is C48H53N3O8S2. The van der Waals surface area contributed by atoms with Crippen LogP contribution in [0.4, 0.5) is 10.5 Å². The normalized spacial score (nSPS) is 18.6. The molecule has 4 aromatic rings. The van der Waals surface area contributed by atoms with E-state index in [2.05, 4.69) is 60.7 Å².